The Morgan fingerprint density at radius 1 is 1.26 bits per heavy atom. The molecular weight excluding hydrogens is 387 g/mol. The number of pyridine rings is 1. The van der Waals surface area contributed by atoms with Gasteiger partial charge in [0.25, 0.3) is 0 Å². The van der Waals surface area contributed by atoms with Gasteiger partial charge in [-0.2, -0.15) is 5.26 Å². The number of halogens is 2. The van der Waals surface area contributed by atoms with Gasteiger partial charge in [0.05, 0.1) is 51.9 Å². The van der Waals surface area contributed by atoms with Crippen molar-refractivity contribution >= 4 is 51.2 Å². The third kappa shape index (κ3) is 3.65. The van der Waals surface area contributed by atoms with Crippen LogP contribution < -0.4 is 20.5 Å². The van der Waals surface area contributed by atoms with E-state index in [4.69, 9.17) is 38.4 Å². The van der Waals surface area contributed by atoms with E-state index in [1.165, 1.54) is 13.3 Å². The van der Waals surface area contributed by atoms with Gasteiger partial charge in [-0.3, -0.25) is 4.98 Å². The zero-order chi connectivity index (χ0) is 19.6. The van der Waals surface area contributed by atoms with Crippen molar-refractivity contribution in [2.75, 3.05) is 24.8 Å². The molecule has 0 aliphatic carbocycles. The lowest BCUT2D eigenvalue weighted by Gasteiger charge is -2.16. The Kier molecular flexibility index (Phi) is 5.45. The summed E-state index contributed by atoms with van der Waals surface area (Å²) in [5.41, 5.74) is 8.46. The molecule has 1 heterocycles. The lowest BCUT2D eigenvalue weighted by atomic mass is 10.1. The number of rotatable bonds is 5. The molecule has 0 bridgehead atoms. The highest BCUT2D eigenvalue weighted by atomic mass is 35.5. The molecule has 0 aliphatic heterocycles. The van der Waals surface area contributed by atoms with Gasteiger partial charge in [0.2, 0.25) is 0 Å². The first-order valence-corrected chi connectivity index (χ1v) is 8.79. The number of anilines is 3. The third-order valence-electron chi connectivity index (χ3n) is 3.92. The molecule has 2 aromatic carbocycles. The largest absolute Gasteiger partial charge is 0.497 e. The monoisotopic (exact) mass is 402 g/mol. The number of nitriles is 1. The fraction of sp³-hybridized carbons (Fsp3) is 0.158. The van der Waals surface area contributed by atoms with Crippen LogP contribution in [-0.2, 0) is 0 Å². The van der Waals surface area contributed by atoms with E-state index in [9.17, 15) is 5.26 Å². The van der Waals surface area contributed by atoms with Crippen LogP contribution in [-0.4, -0.2) is 18.7 Å². The summed E-state index contributed by atoms with van der Waals surface area (Å²) in [7, 11) is 1.53. The number of hydrogen-bond acceptors (Lipinski definition) is 6. The van der Waals surface area contributed by atoms with Crippen molar-refractivity contribution in [1.29, 1.82) is 5.26 Å². The predicted octanol–water partition coefficient (Wildman–Crippen LogP) is 5.15. The number of nitrogens with zero attached hydrogens (tertiary/aromatic N) is 2. The van der Waals surface area contributed by atoms with Crippen molar-refractivity contribution in [3.63, 3.8) is 0 Å². The summed E-state index contributed by atoms with van der Waals surface area (Å²) in [6, 6.07) is 8.89. The Morgan fingerprint density at radius 2 is 2.04 bits per heavy atom. The van der Waals surface area contributed by atoms with Gasteiger partial charge in [-0.15, -0.1) is 0 Å². The van der Waals surface area contributed by atoms with Crippen LogP contribution in [0.25, 0.3) is 10.9 Å². The first-order valence-electron chi connectivity index (χ1n) is 8.03. The molecule has 0 unspecified atom stereocenters. The SMILES string of the molecule is CCOc1cc2c(Nc3cc(OC)cc(Cl)c3Cl)c(C#N)cnc2cc1N. The van der Waals surface area contributed by atoms with Crippen LogP contribution in [0.4, 0.5) is 17.1 Å². The van der Waals surface area contributed by atoms with Crippen LogP contribution >= 0.6 is 23.2 Å². The molecule has 27 heavy (non-hydrogen) atoms. The van der Waals surface area contributed by atoms with Crippen molar-refractivity contribution in [2.24, 2.45) is 0 Å². The van der Waals surface area contributed by atoms with Crippen LogP contribution in [0.2, 0.25) is 10.0 Å². The van der Waals surface area contributed by atoms with Crippen LogP contribution in [0, 0.1) is 11.3 Å². The third-order valence-corrected chi connectivity index (χ3v) is 4.72. The highest BCUT2D eigenvalue weighted by molar-refractivity contribution is 6.44. The van der Waals surface area contributed by atoms with Crippen molar-refractivity contribution in [3.05, 3.63) is 46.1 Å². The minimum absolute atomic E-state index is 0.312. The molecule has 0 aliphatic rings. The highest BCUT2D eigenvalue weighted by Crippen LogP contribution is 2.39. The molecule has 0 radical (unpaired) electrons. The fourth-order valence-electron chi connectivity index (χ4n) is 2.64. The summed E-state index contributed by atoms with van der Waals surface area (Å²) in [5.74, 6) is 1.04. The minimum atomic E-state index is 0.312. The Morgan fingerprint density at radius 3 is 2.70 bits per heavy atom. The second kappa shape index (κ2) is 7.78. The smallest absolute Gasteiger partial charge is 0.142 e. The molecule has 0 atom stereocenters. The zero-order valence-electron chi connectivity index (χ0n) is 14.6. The number of ether oxygens (including phenoxy) is 2. The normalized spacial score (nSPS) is 10.5. The van der Waals surface area contributed by atoms with E-state index in [-0.39, 0.29) is 0 Å². The van der Waals surface area contributed by atoms with Crippen molar-refractivity contribution in [2.45, 2.75) is 6.92 Å². The van der Waals surface area contributed by atoms with Gasteiger partial charge in [-0.25, -0.2) is 0 Å². The first kappa shape index (κ1) is 18.9. The Balaban J connectivity index is 2.22. The molecular formula is C19H16Cl2N4O2. The number of methoxy groups -OCH3 is 1. The quantitative estimate of drug-likeness (QED) is 0.573. The summed E-state index contributed by atoms with van der Waals surface area (Å²) < 4.78 is 10.8. The minimum Gasteiger partial charge on any atom is -0.497 e. The maximum absolute atomic E-state index is 9.54. The average Bonchev–Trinajstić information content (AvgIpc) is 2.66. The lowest BCUT2D eigenvalue weighted by molar-refractivity contribution is 0.342. The molecule has 3 N–H and O–H groups in total. The Hall–Kier alpha value is -2.88. The predicted molar refractivity (Wildman–Crippen MR) is 108 cm³/mol. The maximum Gasteiger partial charge on any atom is 0.142 e. The lowest BCUT2D eigenvalue weighted by Crippen LogP contribution is -2.01. The molecule has 3 rings (SSSR count). The van der Waals surface area contributed by atoms with Crippen LogP contribution in [0.1, 0.15) is 12.5 Å². The summed E-state index contributed by atoms with van der Waals surface area (Å²) in [5, 5.41) is 14.0. The number of nitrogens with two attached hydrogens (primary N) is 1. The van der Waals surface area contributed by atoms with Gasteiger partial charge in [0.1, 0.15) is 17.6 Å². The van der Waals surface area contributed by atoms with E-state index >= 15 is 0 Å². The number of nitrogens with one attached hydrogen (secondary N) is 1. The number of aromatic nitrogens is 1. The number of hydrogen-bond donors (Lipinski definition) is 2. The first-order chi connectivity index (χ1) is 13.0. The van der Waals surface area contributed by atoms with Gasteiger partial charge in [-0.1, -0.05) is 23.2 Å². The Labute approximate surface area is 166 Å². The highest BCUT2D eigenvalue weighted by Gasteiger charge is 2.15. The van der Waals surface area contributed by atoms with E-state index in [1.54, 1.807) is 24.3 Å². The topological polar surface area (TPSA) is 93.2 Å². The molecule has 8 heteroatoms. The van der Waals surface area contributed by atoms with Gasteiger partial charge in [-0.05, 0) is 19.1 Å². The second-order valence-corrected chi connectivity index (χ2v) is 6.38. The zero-order valence-corrected chi connectivity index (χ0v) is 16.1. The van der Waals surface area contributed by atoms with Crippen molar-refractivity contribution < 1.29 is 9.47 Å². The van der Waals surface area contributed by atoms with Gasteiger partial charge < -0.3 is 20.5 Å². The number of nitrogen functional groups attached to an aromatic ring is 1. The van der Waals surface area contributed by atoms with E-state index in [1.807, 2.05) is 6.92 Å². The molecule has 138 valence electrons. The second-order valence-electron chi connectivity index (χ2n) is 5.59. The molecule has 3 aromatic rings. The fourth-order valence-corrected chi connectivity index (χ4v) is 3.01. The average molecular weight is 403 g/mol. The van der Waals surface area contributed by atoms with E-state index < -0.39 is 0 Å². The Bertz CT molecular complexity index is 1060. The van der Waals surface area contributed by atoms with Gasteiger partial charge >= 0.3 is 0 Å². The molecule has 0 spiro atoms. The summed E-state index contributed by atoms with van der Waals surface area (Å²) in [6.07, 6.45) is 1.47. The van der Waals surface area contributed by atoms with Crippen molar-refractivity contribution in [1.82, 2.24) is 4.98 Å². The molecule has 0 amide bonds. The molecule has 0 saturated carbocycles. The number of fused-ring (bicyclic) bond motifs is 1. The molecule has 0 saturated heterocycles. The summed E-state index contributed by atoms with van der Waals surface area (Å²) in [6.45, 7) is 2.33. The van der Waals surface area contributed by atoms with Crippen LogP contribution in [0.3, 0.4) is 0 Å². The van der Waals surface area contributed by atoms with E-state index in [0.29, 0.717) is 61.7 Å². The molecule has 6 nitrogen and oxygen atoms in total. The standard InChI is InChI=1S/C19H16Cl2N4O2/c1-3-27-17-6-12-15(7-14(17)23)24-9-10(8-22)19(12)25-16-5-11(26-2)4-13(20)18(16)21/h4-7,9H,3,23H2,1-2H3,(H,24,25). The van der Waals surface area contributed by atoms with Crippen LogP contribution in [0.15, 0.2) is 30.5 Å². The van der Waals surface area contributed by atoms with Crippen LogP contribution in [0.5, 0.6) is 11.5 Å². The molecule has 0 fully saturated rings. The van der Waals surface area contributed by atoms with Gasteiger partial charge in [0, 0.05) is 23.7 Å². The summed E-state index contributed by atoms with van der Waals surface area (Å²) >= 11 is 12.5. The maximum atomic E-state index is 9.54. The number of benzene rings is 2. The van der Waals surface area contributed by atoms with E-state index in [0.717, 1.165) is 0 Å². The molecule has 1 aromatic heterocycles. The van der Waals surface area contributed by atoms with Crippen molar-refractivity contribution in [3.8, 4) is 17.6 Å². The summed E-state index contributed by atoms with van der Waals surface area (Å²) in [4.78, 5) is 4.31. The van der Waals surface area contributed by atoms with E-state index in [2.05, 4.69) is 16.4 Å². The van der Waals surface area contributed by atoms with Gasteiger partial charge in [0.15, 0.2) is 0 Å².